The molecule has 0 amide bonds. The van der Waals surface area contributed by atoms with Crippen molar-refractivity contribution in [2.45, 2.75) is 26.1 Å². The van der Waals surface area contributed by atoms with Crippen LogP contribution >= 0.6 is 0 Å². The van der Waals surface area contributed by atoms with Crippen LogP contribution in [-0.4, -0.2) is 55.4 Å². The van der Waals surface area contributed by atoms with Crippen LogP contribution in [0.15, 0.2) is 25.3 Å². The van der Waals surface area contributed by atoms with Crippen molar-refractivity contribution in [1.29, 1.82) is 0 Å². The summed E-state index contributed by atoms with van der Waals surface area (Å²) in [6.45, 7) is 12.3. The molecule has 1 fully saturated rings. The molecule has 0 aromatic carbocycles. The van der Waals surface area contributed by atoms with Crippen LogP contribution in [0.25, 0.3) is 0 Å². The topological polar surface area (TPSA) is 49.9 Å². The largest absolute Gasteiger partial charge is 0.373 e. The number of nitrogens with zero attached hydrogens (tertiary/aromatic N) is 2. The zero-order valence-electron chi connectivity index (χ0n) is 11.1. The Bertz CT molecular complexity index is 374. The van der Waals surface area contributed by atoms with Gasteiger partial charge >= 0.3 is 0 Å². The van der Waals surface area contributed by atoms with Crippen LogP contribution in [0.2, 0.25) is 0 Å². The van der Waals surface area contributed by atoms with E-state index in [1.165, 1.54) is 8.61 Å². The highest BCUT2D eigenvalue weighted by Gasteiger charge is 2.34. The van der Waals surface area contributed by atoms with Gasteiger partial charge in [-0.25, -0.2) is 0 Å². The molecule has 0 N–H and O–H groups in total. The van der Waals surface area contributed by atoms with Crippen LogP contribution in [0.4, 0.5) is 0 Å². The van der Waals surface area contributed by atoms with E-state index < -0.39 is 10.2 Å². The molecule has 0 bridgehead atoms. The van der Waals surface area contributed by atoms with Gasteiger partial charge in [0, 0.05) is 26.2 Å². The number of hydrogen-bond donors (Lipinski definition) is 0. The van der Waals surface area contributed by atoms with E-state index >= 15 is 0 Å². The Kier molecular flexibility index (Phi) is 5.52. The zero-order chi connectivity index (χ0) is 13.8. The second kappa shape index (κ2) is 6.47. The van der Waals surface area contributed by atoms with Gasteiger partial charge in [0.2, 0.25) is 0 Å². The van der Waals surface area contributed by atoms with E-state index in [-0.39, 0.29) is 25.3 Å². The number of morpholine rings is 1. The van der Waals surface area contributed by atoms with Crippen molar-refractivity contribution in [2.24, 2.45) is 0 Å². The van der Waals surface area contributed by atoms with Crippen molar-refractivity contribution in [2.75, 3.05) is 26.2 Å². The van der Waals surface area contributed by atoms with Crippen molar-refractivity contribution in [3.05, 3.63) is 25.3 Å². The third-order valence-corrected chi connectivity index (χ3v) is 4.61. The molecule has 2 atom stereocenters. The second-order valence-corrected chi connectivity index (χ2v) is 6.40. The predicted octanol–water partition coefficient (Wildman–Crippen LogP) is 1.01. The minimum atomic E-state index is -3.47. The van der Waals surface area contributed by atoms with Gasteiger partial charge in [-0.05, 0) is 13.8 Å². The van der Waals surface area contributed by atoms with Gasteiger partial charge in [-0.1, -0.05) is 12.2 Å². The maximum Gasteiger partial charge on any atom is 0.282 e. The Hall–Kier alpha value is -0.690. The molecule has 0 aromatic heterocycles. The van der Waals surface area contributed by atoms with Crippen molar-refractivity contribution < 1.29 is 13.2 Å². The Morgan fingerprint density at radius 2 is 1.67 bits per heavy atom. The number of ether oxygens (including phenoxy) is 1. The van der Waals surface area contributed by atoms with E-state index in [2.05, 4.69) is 13.2 Å². The van der Waals surface area contributed by atoms with E-state index in [1.807, 2.05) is 13.8 Å². The van der Waals surface area contributed by atoms with Crippen LogP contribution in [0, 0.1) is 0 Å². The summed E-state index contributed by atoms with van der Waals surface area (Å²) in [5.41, 5.74) is 0. The summed E-state index contributed by atoms with van der Waals surface area (Å²) in [7, 11) is -3.47. The fraction of sp³-hybridized carbons (Fsp3) is 0.667. The Morgan fingerprint density at radius 3 is 2.06 bits per heavy atom. The Labute approximate surface area is 110 Å². The van der Waals surface area contributed by atoms with Gasteiger partial charge in [-0.3, -0.25) is 0 Å². The van der Waals surface area contributed by atoms with E-state index in [0.29, 0.717) is 13.1 Å². The molecule has 1 heterocycles. The zero-order valence-corrected chi connectivity index (χ0v) is 11.9. The molecule has 6 heteroatoms. The summed E-state index contributed by atoms with van der Waals surface area (Å²) in [5.74, 6) is 0. The molecule has 5 nitrogen and oxygen atoms in total. The molecule has 0 aliphatic carbocycles. The molecule has 1 saturated heterocycles. The van der Waals surface area contributed by atoms with Gasteiger partial charge in [-0.15, -0.1) is 13.2 Å². The second-order valence-electron chi connectivity index (χ2n) is 4.48. The fourth-order valence-corrected chi connectivity index (χ4v) is 3.74. The van der Waals surface area contributed by atoms with Gasteiger partial charge in [0.05, 0.1) is 12.2 Å². The molecule has 0 aromatic rings. The summed E-state index contributed by atoms with van der Waals surface area (Å²) < 4.78 is 33.3. The van der Waals surface area contributed by atoms with Crippen molar-refractivity contribution >= 4 is 10.2 Å². The van der Waals surface area contributed by atoms with Crippen LogP contribution in [0.5, 0.6) is 0 Å². The lowest BCUT2D eigenvalue weighted by Gasteiger charge is -2.36. The summed E-state index contributed by atoms with van der Waals surface area (Å²) in [6.07, 6.45) is 2.98. The molecule has 104 valence electrons. The smallest absolute Gasteiger partial charge is 0.282 e. The fourth-order valence-electron chi connectivity index (χ4n) is 2.03. The van der Waals surface area contributed by atoms with Gasteiger partial charge in [0.1, 0.15) is 0 Å². The first-order valence-electron chi connectivity index (χ1n) is 6.04. The highest BCUT2D eigenvalue weighted by molar-refractivity contribution is 7.86. The first kappa shape index (κ1) is 15.4. The maximum absolute atomic E-state index is 12.5. The molecular formula is C12H22N2O3S. The third kappa shape index (κ3) is 3.65. The normalized spacial score (nSPS) is 26.2. The molecule has 0 radical (unpaired) electrons. The molecule has 1 rings (SSSR count). The van der Waals surface area contributed by atoms with E-state index in [0.717, 1.165) is 0 Å². The number of rotatable bonds is 6. The van der Waals surface area contributed by atoms with Crippen LogP contribution in [-0.2, 0) is 14.9 Å². The van der Waals surface area contributed by atoms with Crippen molar-refractivity contribution in [1.82, 2.24) is 8.61 Å². The summed E-state index contributed by atoms with van der Waals surface area (Å²) in [4.78, 5) is 0. The summed E-state index contributed by atoms with van der Waals surface area (Å²) >= 11 is 0. The molecule has 0 unspecified atom stereocenters. The lowest BCUT2D eigenvalue weighted by Crippen LogP contribution is -2.53. The molecule has 1 aliphatic heterocycles. The van der Waals surface area contributed by atoms with Gasteiger partial charge in [0.25, 0.3) is 10.2 Å². The number of hydrogen-bond acceptors (Lipinski definition) is 3. The monoisotopic (exact) mass is 274 g/mol. The van der Waals surface area contributed by atoms with Crippen molar-refractivity contribution in [3.63, 3.8) is 0 Å². The SMILES string of the molecule is C=CCN(CC=C)S(=O)(=O)N1C[C@@H](C)O[C@H](C)C1. The average molecular weight is 274 g/mol. The maximum atomic E-state index is 12.5. The first-order valence-corrected chi connectivity index (χ1v) is 7.44. The molecule has 0 spiro atoms. The Balaban J connectivity index is 2.88. The van der Waals surface area contributed by atoms with Gasteiger partial charge in [0.15, 0.2) is 0 Å². The third-order valence-electron chi connectivity index (χ3n) is 2.70. The van der Waals surface area contributed by atoms with E-state index in [4.69, 9.17) is 4.74 Å². The minimum Gasteiger partial charge on any atom is -0.373 e. The van der Waals surface area contributed by atoms with Crippen molar-refractivity contribution in [3.8, 4) is 0 Å². The average Bonchev–Trinajstić information content (AvgIpc) is 2.27. The summed E-state index contributed by atoms with van der Waals surface area (Å²) in [6, 6.07) is 0. The minimum absolute atomic E-state index is 0.0853. The first-order chi connectivity index (χ1) is 8.41. The predicted molar refractivity (Wildman–Crippen MR) is 72.5 cm³/mol. The molecule has 1 aliphatic rings. The molecular weight excluding hydrogens is 252 g/mol. The lowest BCUT2D eigenvalue weighted by atomic mass is 10.3. The van der Waals surface area contributed by atoms with Gasteiger partial charge in [-0.2, -0.15) is 17.0 Å². The lowest BCUT2D eigenvalue weighted by molar-refractivity contribution is -0.0453. The van der Waals surface area contributed by atoms with E-state index in [9.17, 15) is 8.42 Å². The van der Waals surface area contributed by atoms with Crippen LogP contribution < -0.4 is 0 Å². The molecule has 18 heavy (non-hydrogen) atoms. The van der Waals surface area contributed by atoms with Crippen LogP contribution in [0.1, 0.15) is 13.8 Å². The summed E-state index contributed by atoms with van der Waals surface area (Å²) in [5, 5.41) is 0. The quantitative estimate of drug-likeness (QED) is 0.679. The Morgan fingerprint density at radius 1 is 1.22 bits per heavy atom. The highest BCUT2D eigenvalue weighted by Crippen LogP contribution is 2.17. The van der Waals surface area contributed by atoms with Crippen LogP contribution in [0.3, 0.4) is 0 Å². The molecule has 0 saturated carbocycles. The van der Waals surface area contributed by atoms with Gasteiger partial charge < -0.3 is 4.74 Å². The highest BCUT2D eigenvalue weighted by atomic mass is 32.2. The van der Waals surface area contributed by atoms with E-state index in [1.54, 1.807) is 12.2 Å². The standard InChI is InChI=1S/C12H22N2O3S/c1-5-7-13(8-6-2)18(15,16)14-9-11(3)17-12(4)10-14/h5-6,11-12H,1-2,7-10H2,3-4H3/t11-,12-/m1/s1.